The van der Waals surface area contributed by atoms with Crippen LogP contribution < -0.4 is 10.1 Å². The molecule has 1 aromatic carbocycles. The van der Waals surface area contributed by atoms with Gasteiger partial charge in [0.2, 0.25) is 11.8 Å². The van der Waals surface area contributed by atoms with Crippen LogP contribution in [0.4, 0.5) is 5.69 Å². The monoisotopic (exact) mass is 320 g/mol. The largest absolute Gasteiger partial charge is 0.495 e. The summed E-state index contributed by atoms with van der Waals surface area (Å²) in [5, 5.41) is 3.77. The molecule has 2 atom stereocenters. The summed E-state index contributed by atoms with van der Waals surface area (Å²) in [4.78, 5) is 26.1. The van der Waals surface area contributed by atoms with Crippen LogP contribution in [0.3, 0.4) is 0 Å². The maximum atomic E-state index is 12.4. The van der Waals surface area contributed by atoms with Crippen LogP contribution in [0.5, 0.6) is 5.75 Å². The van der Waals surface area contributed by atoms with Crippen molar-refractivity contribution >= 4 is 29.1 Å². The van der Waals surface area contributed by atoms with Crippen molar-refractivity contribution in [3.8, 4) is 5.75 Å². The highest BCUT2D eigenvalue weighted by Crippen LogP contribution is 2.38. The fourth-order valence-electron chi connectivity index (χ4n) is 3.01. The second-order valence-corrected chi connectivity index (χ2v) is 5.93. The topological polar surface area (TPSA) is 58.6 Å². The first-order valence-electron chi connectivity index (χ1n) is 7.18. The molecular formula is C16H17ClN2O3. The minimum atomic E-state index is -0.315. The molecule has 1 fully saturated rings. The van der Waals surface area contributed by atoms with Crippen LogP contribution in [0.25, 0.3) is 0 Å². The molecule has 116 valence electrons. The Balaban J connectivity index is 1.71. The van der Waals surface area contributed by atoms with Gasteiger partial charge in [0.1, 0.15) is 5.75 Å². The Morgan fingerprint density at radius 1 is 1.27 bits per heavy atom. The minimum Gasteiger partial charge on any atom is -0.495 e. The lowest BCUT2D eigenvalue weighted by Crippen LogP contribution is -2.35. The lowest BCUT2D eigenvalue weighted by molar-refractivity contribution is -0.139. The van der Waals surface area contributed by atoms with Crippen LogP contribution in [-0.4, -0.2) is 30.5 Å². The molecule has 0 radical (unpaired) electrons. The number of carbonyl (C=O) groups excluding carboxylic acids is 2. The van der Waals surface area contributed by atoms with E-state index in [-0.39, 0.29) is 30.3 Å². The fraction of sp³-hybridized carbons (Fsp3) is 0.375. The SMILES string of the molecule is COc1ccccc1NCN1C(=O)C2CC=C(Cl)CC2C1=O. The molecule has 2 amide bonds. The predicted octanol–water partition coefficient (Wildman–Crippen LogP) is 2.58. The number of nitrogens with one attached hydrogen (secondary N) is 1. The van der Waals surface area contributed by atoms with Crippen LogP contribution in [-0.2, 0) is 9.59 Å². The van der Waals surface area contributed by atoms with Gasteiger partial charge in [-0.1, -0.05) is 29.8 Å². The summed E-state index contributed by atoms with van der Waals surface area (Å²) < 4.78 is 5.25. The number of anilines is 1. The average Bonchev–Trinajstić information content (AvgIpc) is 2.76. The van der Waals surface area contributed by atoms with Crippen molar-refractivity contribution in [2.75, 3.05) is 19.1 Å². The number of allylic oxidation sites excluding steroid dienone is 2. The average molecular weight is 321 g/mol. The van der Waals surface area contributed by atoms with Gasteiger partial charge in [0, 0.05) is 5.03 Å². The van der Waals surface area contributed by atoms with Crippen LogP contribution in [0.1, 0.15) is 12.8 Å². The predicted molar refractivity (Wildman–Crippen MR) is 83.5 cm³/mol. The third-order valence-corrected chi connectivity index (χ3v) is 4.50. The second kappa shape index (κ2) is 6.01. The van der Waals surface area contributed by atoms with E-state index in [0.29, 0.717) is 23.6 Å². The van der Waals surface area contributed by atoms with E-state index in [0.717, 1.165) is 5.69 Å². The van der Waals surface area contributed by atoms with Crippen molar-refractivity contribution in [2.24, 2.45) is 11.8 Å². The Labute approximate surface area is 133 Å². The summed E-state index contributed by atoms with van der Waals surface area (Å²) in [7, 11) is 1.58. The summed E-state index contributed by atoms with van der Waals surface area (Å²) in [5.41, 5.74) is 0.747. The molecule has 2 unspecified atom stereocenters. The van der Waals surface area contributed by atoms with Gasteiger partial charge in [-0.05, 0) is 25.0 Å². The third kappa shape index (κ3) is 2.57. The van der Waals surface area contributed by atoms with Crippen LogP contribution in [0, 0.1) is 11.8 Å². The van der Waals surface area contributed by atoms with Gasteiger partial charge < -0.3 is 10.1 Å². The number of para-hydroxylation sites is 2. The first-order chi connectivity index (χ1) is 10.6. The first kappa shape index (κ1) is 14.9. The Kier molecular flexibility index (Phi) is 4.07. The Morgan fingerprint density at radius 3 is 2.77 bits per heavy atom. The number of fused-ring (bicyclic) bond motifs is 1. The molecule has 0 bridgehead atoms. The Bertz CT molecular complexity index is 644. The number of carbonyl (C=O) groups is 2. The van der Waals surface area contributed by atoms with Crippen molar-refractivity contribution in [3.05, 3.63) is 35.4 Å². The maximum Gasteiger partial charge on any atom is 0.234 e. The Morgan fingerprint density at radius 2 is 2.00 bits per heavy atom. The van der Waals surface area contributed by atoms with Gasteiger partial charge in [0.25, 0.3) is 0 Å². The summed E-state index contributed by atoms with van der Waals surface area (Å²) in [6, 6.07) is 7.38. The first-order valence-corrected chi connectivity index (χ1v) is 7.56. The summed E-state index contributed by atoms with van der Waals surface area (Å²) >= 11 is 6.00. The highest BCUT2D eigenvalue weighted by molar-refractivity contribution is 6.30. The van der Waals surface area contributed by atoms with Crippen molar-refractivity contribution in [1.82, 2.24) is 4.90 Å². The normalized spacial score (nSPS) is 24.1. The molecule has 0 aromatic heterocycles. The maximum absolute atomic E-state index is 12.4. The van der Waals surface area contributed by atoms with E-state index in [2.05, 4.69) is 5.32 Å². The molecule has 1 saturated heterocycles. The van der Waals surface area contributed by atoms with Crippen molar-refractivity contribution in [3.63, 3.8) is 0 Å². The highest BCUT2D eigenvalue weighted by Gasteiger charge is 2.48. The summed E-state index contributed by atoms with van der Waals surface area (Å²) in [6.07, 6.45) is 2.84. The third-order valence-electron chi connectivity index (χ3n) is 4.19. The molecule has 1 N–H and O–H groups in total. The zero-order valence-electron chi connectivity index (χ0n) is 12.2. The molecule has 2 aliphatic rings. The van der Waals surface area contributed by atoms with E-state index < -0.39 is 0 Å². The van der Waals surface area contributed by atoms with E-state index in [4.69, 9.17) is 16.3 Å². The van der Waals surface area contributed by atoms with Gasteiger partial charge in [0.15, 0.2) is 0 Å². The lowest BCUT2D eigenvalue weighted by Gasteiger charge is -2.18. The number of likely N-dealkylation sites (tertiary alicyclic amines) is 1. The molecule has 1 aliphatic carbocycles. The number of nitrogens with zero attached hydrogens (tertiary/aromatic N) is 1. The van der Waals surface area contributed by atoms with Crippen molar-refractivity contribution < 1.29 is 14.3 Å². The number of hydrogen-bond acceptors (Lipinski definition) is 4. The summed E-state index contributed by atoms with van der Waals surface area (Å²) in [5.74, 6) is -0.191. The Hall–Kier alpha value is -2.01. The van der Waals surface area contributed by atoms with Gasteiger partial charge in [-0.25, -0.2) is 0 Å². The van der Waals surface area contributed by atoms with E-state index in [1.165, 1.54) is 4.90 Å². The summed E-state index contributed by atoms with van der Waals surface area (Å²) in [6.45, 7) is 0.142. The number of hydrogen-bond donors (Lipinski definition) is 1. The molecular weight excluding hydrogens is 304 g/mol. The molecule has 22 heavy (non-hydrogen) atoms. The highest BCUT2D eigenvalue weighted by atomic mass is 35.5. The van der Waals surface area contributed by atoms with E-state index in [1.54, 1.807) is 7.11 Å². The van der Waals surface area contributed by atoms with Gasteiger partial charge in [-0.15, -0.1) is 0 Å². The number of benzene rings is 1. The number of ether oxygens (including phenoxy) is 1. The molecule has 5 nitrogen and oxygen atoms in total. The van der Waals surface area contributed by atoms with Gasteiger partial charge in [-0.2, -0.15) is 0 Å². The molecule has 1 aromatic rings. The fourth-order valence-corrected chi connectivity index (χ4v) is 3.26. The molecule has 1 heterocycles. The van der Waals surface area contributed by atoms with Gasteiger partial charge in [0.05, 0.1) is 31.3 Å². The van der Waals surface area contributed by atoms with Gasteiger partial charge >= 0.3 is 0 Å². The minimum absolute atomic E-state index is 0.127. The van der Waals surface area contributed by atoms with Crippen molar-refractivity contribution in [2.45, 2.75) is 12.8 Å². The quantitative estimate of drug-likeness (QED) is 0.866. The zero-order chi connectivity index (χ0) is 15.7. The standard InChI is InChI=1S/C16H17ClN2O3/c1-22-14-5-3-2-4-13(14)18-9-19-15(20)11-7-6-10(17)8-12(11)16(19)21/h2-6,11-12,18H,7-9H2,1H3. The molecule has 1 aliphatic heterocycles. The molecule has 0 saturated carbocycles. The number of amides is 2. The number of methoxy groups -OCH3 is 1. The van der Waals surface area contributed by atoms with Crippen LogP contribution in [0.2, 0.25) is 0 Å². The number of imide groups is 1. The van der Waals surface area contributed by atoms with E-state index in [1.807, 2.05) is 30.3 Å². The van der Waals surface area contributed by atoms with Gasteiger partial charge in [-0.3, -0.25) is 14.5 Å². The smallest absolute Gasteiger partial charge is 0.234 e. The molecule has 6 heteroatoms. The van der Waals surface area contributed by atoms with Crippen molar-refractivity contribution in [1.29, 1.82) is 0 Å². The second-order valence-electron chi connectivity index (χ2n) is 5.44. The lowest BCUT2D eigenvalue weighted by atomic mass is 9.85. The molecule has 0 spiro atoms. The van der Waals surface area contributed by atoms with Crippen LogP contribution >= 0.6 is 11.6 Å². The number of halogens is 1. The number of rotatable bonds is 4. The molecule has 3 rings (SSSR count). The van der Waals surface area contributed by atoms with E-state index >= 15 is 0 Å². The van der Waals surface area contributed by atoms with Crippen LogP contribution in [0.15, 0.2) is 35.4 Å². The van der Waals surface area contributed by atoms with E-state index in [9.17, 15) is 9.59 Å². The zero-order valence-corrected chi connectivity index (χ0v) is 13.0.